The molecule has 0 radical (unpaired) electrons. The molecule has 0 atom stereocenters. The summed E-state index contributed by atoms with van der Waals surface area (Å²) in [6.07, 6.45) is 0. The lowest BCUT2D eigenvalue weighted by atomic mass is 9.43. The van der Waals surface area contributed by atoms with E-state index >= 15 is 0 Å². The molecule has 3 nitrogen and oxygen atoms in total. The number of anilines is 2. The molecular weight excluding hydrogens is 629 g/mol. The highest BCUT2D eigenvalue weighted by molar-refractivity contribution is 6.94. The van der Waals surface area contributed by atoms with Crippen molar-refractivity contribution in [1.82, 2.24) is 9.13 Å². The predicted molar refractivity (Wildman–Crippen MR) is 220 cm³/mol. The van der Waals surface area contributed by atoms with Crippen molar-refractivity contribution in [3.63, 3.8) is 0 Å². The van der Waals surface area contributed by atoms with E-state index in [4.69, 9.17) is 0 Å². The molecule has 10 aromatic rings. The fourth-order valence-corrected chi connectivity index (χ4v) is 9.44. The maximum absolute atomic E-state index is 2.61. The predicted octanol–water partition coefficient (Wildman–Crippen LogP) is 10.8. The van der Waals surface area contributed by atoms with Crippen LogP contribution in [0, 0.1) is 0 Å². The minimum Gasteiger partial charge on any atom is -0.376 e. The van der Waals surface area contributed by atoms with Crippen molar-refractivity contribution >= 4 is 72.8 Å². The number of nitrogens with zero attached hydrogens (tertiary/aromatic N) is 3. The first-order valence-electron chi connectivity index (χ1n) is 18.1. The zero-order valence-corrected chi connectivity index (χ0v) is 28.2. The summed E-state index contributed by atoms with van der Waals surface area (Å²) in [6.45, 7) is -0.0140. The van der Waals surface area contributed by atoms with Crippen LogP contribution in [0.25, 0.3) is 77.2 Å². The summed E-state index contributed by atoms with van der Waals surface area (Å²) in [4.78, 5) is 2.61. The maximum atomic E-state index is 2.61. The fourth-order valence-electron chi connectivity index (χ4n) is 9.44. The van der Waals surface area contributed by atoms with Crippen LogP contribution in [0.3, 0.4) is 0 Å². The minimum absolute atomic E-state index is 0.0140. The van der Waals surface area contributed by atoms with E-state index in [1.165, 1.54) is 93.9 Å². The third-order valence-corrected chi connectivity index (χ3v) is 11.5. The molecule has 12 rings (SSSR count). The molecule has 4 heteroatoms. The SMILES string of the molecule is c1ccc(-n2c3ccccc3c3cc4c(cc32)c2ccc3c(c2n4-c2ccccc2)B2c4ccccc4-c4ccccc4N2c2ccccc2-3)cc1. The van der Waals surface area contributed by atoms with E-state index in [1.807, 2.05) is 0 Å². The average molecular weight is 660 g/mol. The summed E-state index contributed by atoms with van der Waals surface area (Å²) in [7, 11) is 0. The summed E-state index contributed by atoms with van der Waals surface area (Å²) in [5.41, 5.74) is 17.6. The quantitative estimate of drug-likeness (QED) is 0.168. The monoisotopic (exact) mass is 659 g/mol. The molecule has 0 unspecified atom stereocenters. The van der Waals surface area contributed by atoms with Crippen molar-refractivity contribution < 1.29 is 0 Å². The van der Waals surface area contributed by atoms with E-state index in [1.54, 1.807) is 0 Å². The van der Waals surface area contributed by atoms with E-state index in [0.717, 1.165) is 5.69 Å². The molecule has 8 aromatic carbocycles. The summed E-state index contributed by atoms with van der Waals surface area (Å²) in [6, 6.07) is 67.2. The Morgan fingerprint density at radius 3 is 1.62 bits per heavy atom. The van der Waals surface area contributed by atoms with Gasteiger partial charge in [-0.15, -0.1) is 0 Å². The first-order chi connectivity index (χ1) is 25.8. The van der Waals surface area contributed by atoms with E-state index in [-0.39, 0.29) is 6.85 Å². The van der Waals surface area contributed by atoms with Crippen molar-refractivity contribution in [2.24, 2.45) is 0 Å². The van der Waals surface area contributed by atoms with Gasteiger partial charge in [-0.25, -0.2) is 0 Å². The Hall–Kier alpha value is -6.78. The van der Waals surface area contributed by atoms with Crippen LogP contribution in [0.2, 0.25) is 0 Å². The zero-order chi connectivity index (χ0) is 33.9. The Morgan fingerprint density at radius 2 is 0.885 bits per heavy atom. The summed E-state index contributed by atoms with van der Waals surface area (Å²) >= 11 is 0. The van der Waals surface area contributed by atoms with Crippen LogP contribution < -0.4 is 15.7 Å². The van der Waals surface area contributed by atoms with Gasteiger partial charge in [0.25, 0.3) is 0 Å². The molecule has 240 valence electrons. The van der Waals surface area contributed by atoms with Crippen molar-refractivity contribution in [2.75, 3.05) is 4.81 Å². The molecule has 0 saturated carbocycles. The molecule has 0 amide bonds. The highest BCUT2D eigenvalue weighted by Gasteiger charge is 2.44. The zero-order valence-electron chi connectivity index (χ0n) is 28.2. The lowest BCUT2D eigenvalue weighted by Gasteiger charge is -2.43. The minimum atomic E-state index is -0.0140. The maximum Gasteiger partial charge on any atom is 0.331 e. The van der Waals surface area contributed by atoms with E-state index in [9.17, 15) is 0 Å². The molecule has 0 aliphatic carbocycles. The van der Waals surface area contributed by atoms with Crippen molar-refractivity contribution in [2.45, 2.75) is 0 Å². The van der Waals surface area contributed by atoms with Gasteiger partial charge in [0.2, 0.25) is 0 Å². The summed E-state index contributed by atoms with van der Waals surface area (Å²) in [5, 5.41) is 5.03. The number of hydrogen-bond donors (Lipinski definition) is 0. The first kappa shape index (κ1) is 28.0. The van der Waals surface area contributed by atoms with E-state index in [2.05, 4.69) is 196 Å². The second-order valence-electron chi connectivity index (χ2n) is 14.1. The average Bonchev–Trinajstić information content (AvgIpc) is 3.72. The summed E-state index contributed by atoms with van der Waals surface area (Å²) < 4.78 is 4.98. The highest BCUT2D eigenvalue weighted by Crippen LogP contribution is 2.48. The van der Waals surface area contributed by atoms with E-state index in [0.29, 0.717) is 0 Å². The molecule has 0 N–H and O–H groups in total. The molecule has 4 heterocycles. The van der Waals surface area contributed by atoms with Crippen LogP contribution in [0.5, 0.6) is 0 Å². The molecule has 0 bridgehead atoms. The Balaban J connectivity index is 1.28. The number of fused-ring (bicyclic) bond motifs is 18. The number of benzene rings is 8. The number of hydrogen-bond acceptors (Lipinski definition) is 1. The van der Waals surface area contributed by atoms with Gasteiger partial charge >= 0.3 is 6.85 Å². The van der Waals surface area contributed by atoms with E-state index < -0.39 is 0 Å². The van der Waals surface area contributed by atoms with Gasteiger partial charge in [0.15, 0.2) is 0 Å². The van der Waals surface area contributed by atoms with Gasteiger partial charge in [-0.3, -0.25) is 0 Å². The fraction of sp³-hybridized carbons (Fsp3) is 0. The third kappa shape index (κ3) is 3.60. The topological polar surface area (TPSA) is 13.1 Å². The van der Waals surface area contributed by atoms with Crippen LogP contribution >= 0.6 is 0 Å². The van der Waals surface area contributed by atoms with Crippen molar-refractivity contribution in [3.05, 3.63) is 182 Å². The number of rotatable bonds is 2. The van der Waals surface area contributed by atoms with Gasteiger partial charge < -0.3 is 13.9 Å². The van der Waals surface area contributed by atoms with Crippen LogP contribution in [-0.4, -0.2) is 16.0 Å². The summed E-state index contributed by atoms with van der Waals surface area (Å²) in [5.74, 6) is 0. The largest absolute Gasteiger partial charge is 0.376 e. The second kappa shape index (κ2) is 10.4. The molecular formula is C48H30BN3. The van der Waals surface area contributed by atoms with Crippen LogP contribution in [0.15, 0.2) is 182 Å². The smallest absolute Gasteiger partial charge is 0.331 e. The molecule has 2 aliphatic rings. The first-order valence-corrected chi connectivity index (χ1v) is 18.1. The van der Waals surface area contributed by atoms with Crippen molar-refractivity contribution in [3.8, 4) is 33.6 Å². The Morgan fingerprint density at radius 1 is 0.346 bits per heavy atom. The third-order valence-electron chi connectivity index (χ3n) is 11.5. The Labute approximate surface area is 301 Å². The van der Waals surface area contributed by atoms with Gasteiger partial charge in [-0.2, -0.15) is 0 Å². The van der Waals surface area contributed by atoms with Gasteiger partial charge in [-0.1, -0.05) is 127 Å². The van der Waals surface area contributed by atoms with Gasteiger partial charge in [0.05, 0.1) is 22.1 Å². The molecule has 2 aliphatic heterocycles. The van der Waals surface area contributed by atoms with Gasteiger partial charge in [0.1, 0.15) is 0 Å². The molecule has 0 spiro atoms. The van der Waals surface area contributed by atoms with Crippen LogP contribution in [-0.2, 0) is 0 Å². The lowest BCUT2D eigenvalue weighted by Crippen LogP contribution is -2.60. The molecule has 0 fully saturated rings. The Kier molecular flexibility index (Phi) is 5.58. The normalized spacial score (nSPS) is 12.9. The number of para-hydroxylation sites is 5. The van der Waals surface area contributed by atoms with Gasteiger partial charge in [-0.05, 0) is 76.6 Å². The highest BCUT2D eigenvalue weighted by atomic mass is 15.1. The van der Waals surface area contributed by atoms with Crippen LogP contribution in [0.1, 0.15) is 0 Å². The van der Waals surface area contributed by atoms with Gasteiger partial charge in [0, 0.05) is 55.4 Å². The van der Waals surface area contributed by atoms with Crippen molar-refractivity contribution in [1.29, 1.82) is 0 Å². The molecule has 2 aromatic heterocycles. The standard InChI is InChI=1S/C48H30BN3/c1-3-15-31(16-4-1)50-42-24-12-8-22-36(42)39-29-46-40(30-45(39)50)38-28-27-37-35-21-10-14-26-44(35)52-43-25-13-9-20-34(43)33-19-7-11-23-41(33)49(52)47(37)48(38)51(46)32-17-5-2-6-18-32/h1-30H. The second-order valence-corrected chi connectivity index (χ2v) is 14.1. The number of aromatic nitrogens is 2. The molecule has 0 saturated heterocycles. The van der Waals surface area contributed by atoms with Crippen LogP contribution in [0.4, 0.5) is 11.4 Å². The lowest BCUT2D eigenvalue weighted by molar-refractivity contribution is 1.18. The molecule has 52 heavy (non-hydrogen) atoms. The Bertz CT molecular complexity index is 3080.